The van der Waals surface area contributed by atoms with Crippen molar-refractivity contribution in [3.8, 4) is 0 Å². The van der Waals surface area contributed by atoms with Crippen molar-refractivity contribution < 1.29 is 24.5 Å². The molecule has 1 saturated heterocycles. The molecule has 10 heteroatoms. The number of benzene rings is 3. The van der Waals surface area contributed by atoms with Gasteiger partial charge in [0.05, 0.1) is 24.9 Å². The van der Waals surface area contributed by atoms with Gasteiger partial charge in [-0.1, -0.05) is 108 Å². The minimum atomic E-state index is -2.11. The van der Waals surface area contributed by atoms with Crippen molar-refractivity contribution in [3.63, 3.8) is 0 Å². The summed E-state index contributed by atoms with van der Waals surface area (Å²) in [4.78, 5) is 14.3. The summed E-state index contributed by atoms with van der Waals surface area (Å²) in [6.07, 6.45) is -2.03. The summed E-state index contributed by atoms with van der Waals surface area (Å²) in [7, 11) is 1.97. The van der Waals surface area contributed by atoms with Crippen LogP contribution in [0.15, 0.2) is 78.9 Å². The molecule has 0 spiro atoms. The van der Waals surface area contributed by atoms with Crippen LogP contribution in [-0.4, -0.2) is 50.6 Å². The Morgan fingerprint density at radius 2 is 1.68 bits per heavy atom. The fourth-order valence-corrected chi connectivity index (χ4v) is 5.05. The second-order valence-corrected chi connectivity index (χ2v) is 12.7. The third-order valence-electron chi connectivity index (χ3n) is 7.56. The second-order valence-electron chi connectivity index (χ2n) is 10.4. The van der Waals surface area contributed by atoms with Crippen molar-refractivity contribution in [1.29, 1.82) is 0 Å². The normalized spacial score (nSPS) is 22.8. The molecule has 1 fully saturated rings. The molecule has 3 N–H and O–H groups in total. The highest BCUT2D eigenvalue weighted by Gasteiger charge is 2.40. The van der Waals surface area contributed by atoms with Gasteiger partial charge in [0.15, 0.2) is 6.29 Å². The van der Waals surface area contributed by atoms with E-state index in [9.17, 15) is 15.0 Å². The van der Waals surface area contributed by atoms with Crippen LogP contribution in [0.25, 0.3) is 0 Å². The van der Waals surface area contributed by atoms with Crippen LogP contribution in [0.4, 0.5) is 5.69 Å². The first kappa shape index (κ1) is 31.7. The lowest BCUT2D eigenvalue weighted by Crippen LogP contribution is -2.46. The van der Waals surface area contributed by atoms with E-state index in [4.69, 9.17) is 44.3 Å². The number of carbonyl (C=O) groups is 1. The number of anilines is 1. The Hall–Kier alpha value is -2.20. The summed E-state index contributed by atoms with van der Waals surface area (Å²) in [5.74, 6) is -0.826. The van der Waals surface area contributed by atoms with Crippen LogP contribution in [0.5, 0.6) is 0 Å². The predicted molar refractivity (Wildman–Crippen MR) is 162 cm³/mol. The lowest BCUT2D eigenvalue weighted by Gasteiger charge is -2.43. The smallest absolute Gasteiger partial charge is 0.276 e. The average Bonchev–Trinajstić information content (AvgIpc) is 2.97. The first-order valence-electron chi connectivity index (χ1n) is 13.4. The van der Waals surface area contributed by atoms with E-state index in [0.29, 0.717) is 17.8 Å². The van der Waals surface area contributed by atoms with Gasteiger partial charge in [-0.3, -0.25) is 9.69 Å². The van der Waals surface area contributed by atoms with E-state index in [1.807, 2.05) is 74.6 Å². The molecule has 0 saturated carbocycles. The van der Waals surface area contributed by atoms with Crippen molar-refractivity contribution in [1.82, 2.24) is 4.90 Å². The lowest BCUT2D eigenvalue weighted by atomic mass is 9.89. The number of likely N-dealkylation sites (N-methyl/N-ethyl adjacent to an activating group) is 1. The molecule has 0 unspecified atom stereocenters. The van der Waals surface area contributed by atoms with Gasteiger partial charge in [-0.2, -0.15) is 0 Å². The van der Waals surface area contributed by atoms with Crippen LogP contribution in [0.2, 0.25) is 0 Å². The van der Waals surface area contributed by atoms with Crippen LogP contribution in [0, 0.1) is 5.92 Å². The number of carbonyl (C=O) groups excluding carboxylic acids is 1. The predicted octanol–water partition coefficient (Wildman–Crippen LogP) is 6.33. The Morgan fingerprint density at radius 1 is 1.00 bits per heavy atom. The largest absolute Gasteiger partial charge is 0.392 e. The topological polar surface area (TPSA) is 91.3 Å². The summed E-state index contributed by atoms with van der Waals surface area (Å²) in [6, 6.07) is 24.1. The Balaban J connectivity index is 1.59. The lowest BCUT2D eigenvalue weighted by molar-refractivity contribution is -0.276. The number of aliphatic hydroxyl groups excluding tert-OH is 2. The van der Waals surface area contributed by atoms with Gasteiger partial charge in [0, 0.05) is 29.8 Å². The molecular formula is C31H35Cl3N2O5. The van der Waals surface area contributed by atoms with Gasteiger partial charge >= 0.3 is 0 Å². The number of nitrogens with zero attached hydrogens (tertiary/aromatic N) is 1. The molecule has 1 aliphatic heterocycles. The zero-order chi connectivity index (χ0) is 29.7. The molecule has 0 bridgehead atoms. The zero-order valence-electron chi connectivity index (χ0n) is 23.1. The summed E-state index contributed by atoms with van der Waals surface area (Å²) < 4.78 is 11.0. The number of nitrogens with one attached hydrogen (secondary N) is 1. The second kappa shape index (κ2) is 13.8. The molecule has 1 heterocycles. The minimum absolute atomic E-state index is 0.0468. The van der Waals surface area contributed by atoms with Crippen LogP contribution >= 0.6 is 34.8 Å². The van der Waals surface area contributed by atoms with E-state index in [0.717, 1.165) is 16.7 Å². The average molecular weight is 622 g/mol. The standard InChI is InChI=1S/C31H35Cl3N2O5/c1-19-26(17-36(3)20(2)27(38)22-8-5-4-6-9-22)40-29(41-28(19)23-14-12-21(18-37)13-15-23)24-10-7-11-25(16-24)35-30(39)31(32,33)34/h4-16,19-20,26-29,37-38H,17-18H2,1-3H3,(H,35,39)/t19-,20-,26+,27-,28+,29+/m0/s1. The molecule has 220 valence electrons. The Labute approximate surface area is 255 Å². The molecule has 3 aromatic rings. The van der Waals surface area contributed by atoms with Crippen molar-refractivity contribution >= 4 is 46.4 Å². The van der Waals surface area contributed by atoms with E-state index < -0.39 is 22.1 Å². The van der Waals surface area contributed by atoms with Crippen LogP contribution in [0.3, 0.4) is 0 Å². The van der Waals surface area contributed by atoms with Crippen LogP contribution in [0.1, 0.15) is 54.6 Å². The number of ether oxygens (including phenoxy) is 2. The van der Waals surface area contributed by atoms with E-state index in [1.165, 1.54) is 0 Å². The Kier molecular flexibility index (Phi) is 10.7. The Morgan fingerprint density at radius 3 is 2.32 bits per heavy atom. The van der Waals surface area contributed by atoms with Gasteiger partial charge < -0.3 is 25.0 Å². The van der Waals surface area contributed by atoms with E-state index in [-0.39, 0.29) is 30.8 Å². The molecule has 0 radical (unpaired) electrons. The molecule has 7 nitrogen and oxygen atoms in total. The molecule has 1 aliphatic rings. The van der Waals surface area contributed by atoms with Crippen LogP contribution in [-0.2, 0) is 20.9 Å². The molecular weight excluding hydrogens is 587 g/mol. The summed E-state index contributed by atoms with van der Waals surface area (Å²) in [5.41, 5.74) is 3.72. The van der Waals surface area contributed by atoms with Crippen molar-refractivity contribution in [2.75, 3.05) is 18.9 Å². The maximum atomic E-state index is 12.2. The molecule has 41 heavy (non-hydrogen) atoms. The number of rotatable bonds is 9. The molecule has 0 aliphatic carbocycles. The zero-order valence-corrected chi connectivity index (χ0v) is 25.4. The summed E-state index contributed by atoms with van der Waals surface area (Å²) in [6.45, 7) is 4.55. The van der Waals surface area contributed by atoms with Crippen molar-refractivity contribution in [3.05, 3.63) is 101 Å². The number of amides is 1. The van der Waals surface area contributed by atoms with Gasteiger partial charge in [-0.15, -0.1) is 0 Å². The van der Waals surface area contributed by atoms with E-state index in [2.05, 4.69) is 17.1 Å². The monoisotopic (exact) mass is 620 g/mol. The number of hydrogen-bond donors (Lipinski definition) is 3. The minimum Gasteiger partial charge on any atom is -0.392 e. The van der Waals surface area contributed by atoms with Gasteiger partial charge in [0.2, 0.25) is 0 Å². The fourth-order valence-electron chi connectivity index (χ4n) is 4.91. The molecule has 3 aromatic carbocycles. The molecule has 1 amide bonds. The third kappa shape index (κ3) is 8.00. The first-order chi connectivity index (χ1) is 19.5. The summed E-state index contributed by atoms with van der Waals surface area (Å²) >= 11 is 17.2. The highest BCUT2D eigenvalue weighted by Crippen LogP contribution is 2.42. The first-order valence-corrected chi connectivity index (χ1v) is 14.5. The highest BCUT2D eigenvalue weighted by atomic mass is 35.6. The van der Waals surface area contributed by atoms with E-state index >= 15 is 0 Å². The maximum absolute atomic E-state index is 12.2. The fraction of sp³-hybridized carbons (Fsp3) is 0.387. The SMILES string of the molecule is C[C@H]1[C@@H](CN(C)[C@@H](C)[C@H](O)c2ccccc2)O[C@@H](c2cccc(NC(=O)C(Cl)(Cl)Cl)c2)O[C@H]1c1ccc(CO)cc1. The summed E-state index contributed by atoms with van der Waals surface area (Å²) in [5, 5.41) is 23.1. The van der Waals surface area contributed by atoms with Crippen molar-refractivity contribution in [2.24, 2.45) is 5.92 Å². The van der Waals surface area contributed by atoms with Gasteiger partial charge in [-0.05, 0) is 42.8 Å². The number of aliphatic hydroxyl groups is 2. The van der Waals surface area contributed by atoms with Gasteiger partial charge in [0.25, 0.3) is 9.70 Å². The molecule has 0 aromatic heterocycles. The third-order valence-corrected chi connectivity index (χ3v) is 8.07. The number of alkyl halides is 3. The highest BCUT2D eigenvalue weighted by molar-refractivity contribution is 6.76. The van der Waals surface area contributed by atoms with Gasteiger partial charge in [0.1, 0.15) is 0 Å². The quantitative estimate of drug-likeness (QED) is 0.242. The maximum Gasteiger partial charge on any atom is 0.276 e. The molecule has 4 rings (SSSR count). The van der Waals surface area contributed by atoms with Crippen molar-refractivity contribution in [2.45, 2.75) is 54.9 Å². The van der Waals surface area contributed by atoms with Crippen LogP contribution < -0.4 is 5.32 Å². The van der Waals surface area contributed by atoms with E-state index in [1.54, 1.807) is 18.2 Å². The van der Waals surface area contributed by atoms with Gasteiger partial charge in [-0.25, -0.2) is 0 Å². The Bertz CT molecular complexity index is 1290. The molecule has 6 atom stereocenters. The number of hydrogen-bond acceptors (Lipinski definition) is 6. The number of halogens is 3.